The molecular weight excluding hydrogens is 552 g/mol. The Balaban J connectivity index is 1.80. The third kappa shape index (κ3) is 7.14. The fourth-order valence-corrected chi connectivity index (χ4v) is 8.35. The SMILES string of the molecule is CCN[C@H]1CN(CCCOC)S(=O)(=O)c2sc(S(=O)(=O)NC(=O)Oc3cccc(CO[N+](=O)[O-])c3)cc21. The van der Waals surface area contributed by atoms with Crippen LogP contribution in [0.4, 0.5) is 4.79 Å². The smallest absolute Gasteiger partial charge is 0.410 e. The Morgan fingerprint density at radius 2 is 2.08 bits per heavy atom. The molecule has 1 atom stereocenters. The van der Waals surface area contributed by atoms with Crippen LogP contribution in [0.3, 0.4) is 0 Å². The van der Waals surface area contributed by atoms with Crippen molar-refractivity contribution in [1.82, 2.24) is 14.3 Å². The third-order valence-electron chi connectivity index (χ3n) is 5.17. The van der Waals surface area contributed by atoms with E-state index in [1.165, 1.54) is 41.7 Å². The lowest BCUT2D eigenvalue weighted by atomic mass is 10.1. The van der Waals surface area contributed by atoms with Crippen LogP contribution in [0.15, 0.2) is 38.8 Å². The normalized spacial score (nSPS) is 17.1. The number of benzene rings is 1. The molecule has 2 heterocycles. The van der Waals surface area contributed by atoms with Crippen molar-refractivity contribution in [1.29, 1.82) is 0 Å². The number of hydrogen-bond acceptors (Lipinski definition) is 12. The molecule has 2 aromatic rings. The van der Waals surface area contributed by atoms with Gasteiger partial charge in [-0.25, -0.2) is 26.4 Å². The fraction of sp³-hybridized carbons (Fsp3) is 0.450. The summed E-state index contributed by atoms with van der Waals surface area (Å²) in [5, 5.41) is 12.5. The average Bonchev–Trinajstić information content (AvgIpc) is 3.29. The van der Waals surface area contributed by atoms with E-state index >= 15 is 0 Å². The van der Waals surface area contributed by atoms with Gasteiger partial charge in [-0.15, -0.1) is 21.5 Å². The number of carbonyl (C=O) groups is 1. The predicted molar refractivity (Wildman–Crippen MR) is 131 cm³/mol. The zero-order valence-electron chi connectivity index (χ0n) is 19.9. The summed E-state index contributed by atoms with van der Waals surface area (Å²) >= 11 is 0.542. The number of likely N-dealkylation sites (N-methyl/N-ethyl adjacent to an activating group) is 1. The van der Waals surface area contributed by atoms with Gasteiger partial charge in [0, 0.05) is 38.4 Å². The van der Waals surface area contributed by atoms with Gasteiger partial charge in [0.25, 0.3) is 25.1 Å². The molecule has 0 aliphatic carbocycles. The van der Waals surface area contributed by atoms with Crippen molar-refractivity contribution in [3.63, 3.8) is 0 Å². The summed E-state index contributed by atoms with van der Waals surface area (Å²) in [6.07, 6.45) is -0.876. The van der Waals surface area contributed by atoms with Crippen LogP contribution in [0.1, 0.15) is 30.5 Å². The molecule has 0 fully saturated rings. The lowest BCUT2D eigenvalue weighted by Gasteiger charge is -2.32. The van der Waals surface area contributed by atoms with E-state index in [-0.39, 0.29) is 27.3 Å². The maximum Gasteiger partial charge on any atom is 0.426 e. The molecule has 0 unspecified atom stereocenters. The minimum Gasteiger partial charge on any atom is -0.410 e. The minimum absolute atomic E-state index is 0.0795. The van der Waals surface area contributed by atoms with Crippen molar-refractivity contribution < 1.29 is 41.0 Å². The number of amides is 1. The predicted octanol–water partition coefficient (Wildman–Crippen LogP) is 1.63. The number of nitrogens with one attached hydrogen (secondary N) is 2. The first-order valence-corrected chi connectivity index (χ1v) is 14.7. The van der Waals surface area contributed by atoms with E-state index < -0.39 is 43.9 Å². The van der Waals surface area contributed by atoms with Crippen molar-refractivity contribution in [3.8, 4) is 5.75 Å². The zero-order valence-corrected chi connectivity index (χ0v) is 22.4. The molecule has 0 saturated heterocycles. The Morgan fingerprint density at radius 1 is 1.32 bits per heavy atom. The Morgan fingerprint density at radius 3 is 2.76 bits per heavy atom. The Kier molecular flexibility index (Phi) is 9.43. The molecule has 1 aliphatic rings. The zero-order chi connectivity index (χ0) is 27.2. The third-order valence-corrected chi connectivity index (χ3v) is 10.5. The van der Waals surface area contributed by atoms with Crippen LogP contribution in [-0.2, 0) is 36.2 Å². The van der Waals surface area contributed by atoms with Gasteiger partial charge < -0.3 is 19.6 Å². The first-order valence-electron chi connectivity index (χ1n) is 10.9. The van der Waals surface area contributed by atoms with Crippen molar-refractivity contribution in [2.75, 3.05) is 33.4 Å². The van der Waals surface area contributed by atoms with E-state index in [2.05, 4.69) is 10.2 Å². The van der Waals surface area contributed by atoms with E-state index in [0.717, 1.165) is 0 Å². The largest absolute Gasteiger partial charge is 0.426 e. The highest BCUT2D eigenvalue weighted by Crippen LogP contribution is 2.40. The number of rotatable bonds is 12. The summed E-state index contributed by atoms with van der Waals surface area (Å²) < 4.78 is 64.8. The van der Waals surface area contributed by atoms with Crippen LogP contribution in [-0.4, -0.2) is 65.7 Å². The lowest BCUT2D eigenvalue weighted by Crippen LogP contribution is -2.43. The second-order valence-electron chi connectivity index (χ2n) is 7.77. The highest BCUT2D eigenvalue weighted by atomic mass is 32.3. The molecule has 2 N–H and O–H groups in total. The molecule has 1 aromatic carbocycles. The van der Waals surface area contributed by atoms with Crippen molar-refractivity contribution >= 4 is 37.5 Å². The standard InChI is InChI=1S/C20H26N4O10S3/c1-3-21-17-12-23(8-5-9-32-2)37(30,31)19-16(17)11-18(35-19)36(28,29)22-20(25)34-15-7-4-6-14(10-15)13-33-24(26)27/h4,6-7,10-11,17,21H,3,5,8-9,12-13H2,1-2H3,(H,22,25)/t17-/m0/s1. The topological polar surface area (TPSA) is 183 Å². The van der Waals surface area contributed by atoms with E-state index in [4.69, 9.17) is 9.47 Å². The van der Waals surface area contributed by atoms with Gasteiger partial charge in [0.1, 0.15) is 20.8 Å². The number of fused-ring (bicyclic) bond motifs is 1. The maximum atomic E-state index is 13.2. The van der Waals surface area contributed by atoms with Gasteiger partial charge in [-0.2, -0.15) is 4.31 Å². The van der Waals surface area contributed by atoms with Crippen LogP contribution < -0.4 is 14.8 Å². The van der Waals surface area contributed by atoms with Gasteiger partial charge in [0.05, 0.1) is 0 Å². The maximum absolute atomic E-state index is 13.2. The molecule has 3 rings (SSSR count). The van der Waals surface area contributed by atoms with Gasteiger partial charge >= 0.3 is 6.09 Å². The van der Waals surface area contributed by atoms with E-state index in [1.54, 1.807) is 4.72 Å². The monoisotopic (exact) mass is 578 g/mol. The van der Waals surface area contributed by atoms with Crippen LogP contribution in [0.5, 0.6) is 5.75 Å². The molecule has 204 valence electrons. The second kappa shape index (κ2) is 12.1. The molecule has 37 heavy (non-hydrogen) atoms. The van der Waals surface area contributed by atoms with E-state index in [0.29, 0.717) is 42.0 Å². The Labute approximate surface area is 217 Å². The molecule has 1 aromatic heterocycles. The van der Waals surface area contributed by atoms with Crippen molar-refractivity contribution in [3.05, 3.63) is 51.6 Å². The average molecular weight is 579 g/mol. The quantitative estimate of drug-likeness (QED) is 0.212. The van der Waals surface area contributed by atoms with Crippen LogP contribution >= 0.6 is 11.3 Å². The summed E-state index contributed by atoms with van der Waals surface area (Å²) in [6, 6.07) is 6.33. The number of ether oxygens (including phenoxy) is 2. The van der Waals surface area contributed by atoms with Crippen LogP contribution in [0.25, 0.3) is 0 Å². The number of methoxy groups -OCH3 is 1. The molecule has 0 radical (unpaired) electrons. The van der Waals surface area contributed by atoms with Crippen molar-refractivity contribution in [2.45, 2.75) is 34.4 Å². The summed E-state index contributed by atoms with van der Waals surface area (Å²) in [4.78, 5) is 26.9. The highest BCUT2D eigenvalue weighted by molar-refractivity contribution is 7.94. The summed E-state index contributed by atoms with van der Waals surface area (Å²) in [7, 11) is -6.93. The molecule has 1 aliphatic heterocycles. The van der Waals surface area contributed by atoms with Gasteiger partial charge in [-0.3, -0.25) is 0 Å². The van der Waals surface area contributed by atoms with Gasteiger partial charge in [-0.1, -0.05) is 19.1 Å². The minimum atomic E-state index is -4.48. The summed E-state index contributed by atoms with van der Waals surface area (Å²) in [6.45, 7) is 2.66. The number of nitrogens with zero attached hydrogens (tertiary/aromatic N) is 2. The summed E-state index contributed by atoms with van der Waals surface area (Å²) in [5.41, 5.74) is 0.618. The van der Waals surface area contributed by atoms with Gasteiger partial charge in [0.2, 0.25) is 0 Å². The summed E-state index contributed by atoms with van der Waals surface area (Å²) in [5.74, 6) is -0.0795. The Hall–Kier alpha value is -2.83. The molecule has 0 spiro atoms. The van der Waals surface area contributed by atoms with Crippen LogP contribution in [0.2, 0.25) is 0 Å². The molecule has 0 bridgehead atoms. The van der Waals surface area contributed by atoms with E-state index in [9.17, 15) is 31.7 Å². The molecule has 0 saturated carbocycles. The van der Waals surface area contributed by atoms with Crippen molar-refractivity contribution in [2.24, 2.45) is 0 Å². The van der Waals surface area contributed by atoms with Gasteiger partial charge in [0.15, 0.2) is 0 Å². The molecular formula is C20H26N4O10S3. The molecule has 17 heteroatoms. The highest BCUT2D eigenvalue weighted by Gasteiger charge is 2.40. The fourth-order valence-electron chi connectivity index (χ4n) is 3.59. The van der Waals surface area contributed by atoms with E-state index in [1.807, 2.05) is 6.92 Å². The number of sulfonamides is 2. The first kappa shape index (κ1) is 28.7. The molecule has 1 amide bonds. The number of carbonyl (C=O) groups excluding carboxylic acids is 1. The number of hydrogen-bond donors (Lipinski definition) is 2. The second-order valence-corrected chi connectivity index (χ2v) is 12.9. The van der Waals surface area contributed by atoms with Gasteiger partial charge in [-0.05, 0) is 36.7 Å². The first-order chi connectivity index (χ1) is 17.5. The molecule has 14 nitrogen and oxygen atoms in total. The Bertz CT molecular complexity index is 1340. The van der Waals surface area contributed by atoms with Crippen LogP contribution in [0, 0.1) is 10.1 Å². The number of thiophene rings is 1. The lowest BCUT2D eigenvalue weighted by molar-refractivity contribution is -0.763.